The minimum Gasteiger partial charge on any atom is -0.481 e. The van der Waals surface area contributed by atoms with Crippen LogP contribution in [0.25, 0.3) is 0 Å². The molecule has 0 radical (unpaired) electrons. The molecule has 0 aromatic heterocycles. The van der Waals surface area contributed by atoms with E-state index in [-0.39, 0.29) is 12.6 Å². The van der Waals surface area contributed by atoms with Gasteiger partial charge in [-0.15, -0.1) is 0 Å². The summed E-state index contributed by atoms with van der Waals surface area (Å²) in [6.07, 6.45) is 0. The Morgan fingerprint density at radius 2 is 2.32 bits per heavy atom. The Hall–Kier alpha value is -0.620. The lowest BCUT2D eigenvalue weighted by molar-refractivity contribution is -0.143. The van der Waals surface area contributed by atoms with E-state index in [1.165, 1.54) is 0 Å². The van der Waals surface area contributed by atoms with Crippen LogP contribution in [0.1, 0.15) is 5.56 Å². The molecule has 2 unspecified atom stereocenters. The van der Waals surface area contributed by atoms with Gasteiger partial charge >= 0.3 is 5.97 Å². The number of hydrogen-bond donors (Lipinski definition) is 1. The molecule has 1 aliphatic rings. The first-order chi connectivity index (χ1) is 8.99. The van der Waals surface area contributed by atoms with Crippen molar-refractivity contribution in [3.05, 3.63) is 33.3 Å². The Balaban J connectivity index is 2.05. The lowest BCUT2D eigenvalue weighted by Crippen LogP contribution is -2.40. The van der Waals surface area contributed by atoms with Crippen LogP contribution in [0.2, 0.25) is 5.02 Å². The van der Waals surface area contributed by atoms with Gasteiger partial charge < -0.3 is 9.84 Å². The fourth-order valence-electron chi connectivity index (χ4n) is 2.26. The molecule has 0 aliphatic carbocycles. The van der Waals surface area contributed by atoms with Crippen molar-refractivity contribution in [3.63, 3.8) is 0 Å². The van der Waals surface area contributed by atoms with Gasteiger partial charge in [0.1, 0.15) is 0 Å². The maximum absolute atomic E-state index is 11.1. The number of aliphatic carboxylic acids is 1. The maximum atomic E-state index is 11.1. The highest BCUT2D eigenvalue weighted by molar-refractivity contribution is 9.10. The topological polar surface area (TPSA) is 49.8 Å². The Morgan fingerprint density at radius 3 is 2.95 bits per heavy atom. The molecule has 0 spiro atoms. The van der Waals surface area contributed by atoms with Gasteiger partial charge in [0.15, 0.2) is 0 Å². The van der Waals surface area contributed by atoms with Crippen LogP contribution in [0.4, 0.5) is 0 Å². The van der Waals surface area contributed by atoms with E-state index in [0.29, 0.717) is 18.2 Å². The van der Waals surface area contributed by atoms with Gasteiger partial charge in [0.2, 0.25) is 0 Å². The third-order valence-electron chi connectivity index (χ3n) is 3.35. The van der Waals surface area contributed by atoms with Crippen molar-refractivity contribution in [3.8, 4) is 0 Å². The number of ether oxygens (including phenoxy) is 1. The van der Waals surface area contributed by atoms with Crippen LogP contribution in [0.15, 0.2) is 22.7 Å². The molecule has 0 bridgehead atoms. The van der Waals surface area contributed by atoms with E-state index in [9.17, 15) is 4.79 Å². The fraction of sp³-hybridized carbons (Fsp3) is 0.462. The largest absolute Gasteiger partial charge is 0.481 e. The van der Waals surface area contributed by atoms with Gasteiger partial charge in [-0.2, -0.15) is 0 Å². The standard InChI is InChI=1S/C13H15BrClNO3/c1-16(12-7-19-6-9(12)13(17)18)5-8-2-3-11(15)10(14)4-8/h2-4,9,12H,5-7H2,1H3,(H,17,18). The molecule has 1 aromatic rings. The summed E-state index contributed by atoms with van der Waals surface area (Å²) in [7, 11) is 1.91. The summed E-state index contributed by atoms with van der Waals surface area (Å²) in [4.78, 5) is 13.2. The van der Waals surface area contributed by atoms with Gasteiger partial charge in [0.05, 0.1) is 24.2 Å². The van der Waals surface area contributed by atoms with Gasteiger partial charge in [0.25, 0.3) is 0 Å². The first-order valence-corrected chi connectivity index (χ1v) is 7.11. The monoisotopic (exact) mass is 347 g/mol. The van der Waals surface area contributed by atoms with Crippen LogP contribution in [0.5, 0.6) is 0 Å². The molecular weight excluding hydrogens is 334 g/mol. The first kappa shape index (κ1) is 14.8. The van der Waals surface area contributed by atoms with E-state index < -0.39 is 11.9 Å². The summed E-state index contributed by atoms with van der Waals surface area (Å²) in [5, 5.41) is 9.81. The number of likely N-dealkylation sites (N-methyl/N-ethyl adjacent to an activating group) is 1. The Kier molecular flexibility index (Phi) is 4.84. The molecule has 6 heteroatoms. The third kappa shape index (κ3) is 3.48. The van der Waals surface area contributed by atoms with Crippen LogP contribution in [0.3, 0.4) is 0 Å². The number of rotatable bonds is 4. The lowest BCUT2D eigenvalue weighted by Gasteiger charge is -2.26. The molecule has 1 heterocycles. The van der Waals surface area contributed by atoms with Gasteiger partial charge in [-0.1, -0.05) is 17.7 Å². The number of carboxylic acids is 1. The second-order valence-corrected chi connectivity index (χ2v) is 5.97. The second kappa shape index (κ2) is 6.22. The summed E-state index contributed by atoms with van der Waals surface area (Å²) < 4.78 is 6.12. The van der Waals surface area contributed by atoms with E-state index in [2.05, 4.69) is 15.9 Å². The first-order valence-electron chi connectivity index (χ1n) is 5.93. The zero-order valence-corrected chi connectivity index (χ0v) is 12.8. The lowest BCUT2D eigenvalue weighted by atomic mass is 10.0. The zero-order chi connectivity index (χ0) is 14.0. The average Bonchev–Trinajstić information content (AvgIpc) is 2.83. The molecule has 1 aromatic carbocycles. The molecule has 19 heavy (non-hydrogen) atoms. The van der Waals surface area contributed by atoms with Crippen molar-refractivity contribution in [2.75, 3.05) is 20.3 Å². The minimum absolute atomic E-state index is 0.0908. The normalized spacial score (nSPS) is 22.9. The smallest absolute Gasteiger partial charge is 0.310 e. The van der Waals surface area contributed by atoms with Crippen LogP contribution in [-0.2, 0) is 16.1 Å². The van der Waals surface area contributed by atoms with Crippen molar-refractivity contribution in [2.24, 2.45) is 5.92 Å². The average molecular weight is 349 g/mol. The summed E-state index contributed by atoms with van der Waals surface area (Å²) in [6.45, 7) is 1.41. The third-order valence-corrected chi connectivity index (χ3v) is 4.56. The molecule has 0 amide bonds. The molecule has 2 rings (SSSR count). The quantitative estimate of drug-likeness (QED) is 0.909. The number of carboxylic acid groups (broad SMARTS) is 1. The van der Waals surface area contributed by atoms with Crippen molar-refractivity contribution < 1.29 is 14.6 Å². The Bertz CT molecular complexity index is 483. The molecule has 1 aliphatic heterocycles. The summed E-state index contributed by atoms with van der Waals surface area (Å²) in [6, 6.07) is 5.63. The van der Waals surface area contributed by atoms with Crippen LogP contribution < -0.4 is 0 Å². The van der Waals surface area contributed by atoms with Gasteiger partial charge in [-0.25, -0.2) is 0 Å². The molecule has 104 valence electrons. The zero-order valence-electron chi connectivity index (χ0n) is 10.5. The predicted molar refractivity (Wildman–Crippen MR) is 76.4 cm³/mol. The highest BCUT2D eigenvalue weighted by atomic mass is 79.9. The van der Waals surface area contributed by atoms with E-state index in [0.717, 1.165) is 10.0 Å². The number of halogens is 2. The molecule has 2 atom stereocenters. The minimum atomic E-state index is -0.799. The number of nitrogens with zero attached hydrogens (tertiary/aromatic N) is 1. The van der Waals surface area contributed by atoms with Crippen LogP contribution in [-0.4, -0.2) is 42.3 Å². The highest BCUT2D eigenvalue weighted by Gasteiger charge is 2.36. The number of benzene rings is 1. The van der Waals surface area contributed by atoms with E-state index in [1.54, 1.807) is 0 Å². The van der Waals surface area contributed by atoms with Crippen molar-refractivity contribution in [1.29, 1.82) is 0 Å². The van der Waals surface area contributed by atoms with Crippen molar-refractivity contribution in [1.82, 2.24) is 4.90 Å². The Labute approximate surface area is 125 Å². The van der Waals surface area contributed by atoms with Crippen LogP contribution in [0, 0.1) is 5.92 Å². The molecule has 1 N–H and O–H groups in total. The predicted octanol–water partition coefficient (Wildman–Crippen LogP) is 2.63. The molecule has 1 saturated heterocycles. The summed E-state index contributed by atoms with van der Waals surface area (Å²) in [5.74, 6) is -1.26. The van der Waals surface area contributed by atoms with Gasteiger partial charge in [-0.05, 0) is 40.7 Å². The molecule has 1 fully saturated rings. The summed E-state index contributed by atoms with van der Waals surface area (Å²) in [5.41, 5.74) is 1.08. The fourth-order valence-corrected chi connectivity index (χ4v) is 2.80. The summed E-state index contributed by atoms with van der Waals surface area (Å²) >= 11 is 9.34. The Morgan fingerprint density at radius 1 is 1.58 bits per heavy atom. The maximum Gasteiger partial charge on any atom is 0.310 e. The number of carbonyl (C=O) groups is 1. The SMILES string of the molecule is CN(Cc1ccc(Cl)c(Br)c1)C1COCC1C(=O)O. The second-order valence-electron chi connectivity index (χ2n) is 4.71. The van der Waals surface area contributed by atoms with Gasteiger partial charge in [0, 0.05) is 17.1 Å². The number of hydrogen-bond acceptors (Lipinski definition) is 3. The highest BCUT2D eigenvalue weighted by Crippen LogP contribution is 2.25. The molecule has 0 saturated carbocycles. The van der Waals surface area contributed by atoms with E-state index >= 15 is 0 Å². The van der Waals surface area contributed by atoms with E-state index in [4.69, 9.17) is 21.4 Å². The molecule has 4 nitrogen and oxygen atoms in total. The molecular formula is C13H15BrClNO3. The van der Waals surface area contributed by atoms with Crippen LogP contribution >= 0.6 is 27.5 Å². The van der Waals surface area contributed by atoms with Crippen molar-refractivity contribution >= 4 is 33.5 Å². The van der Waals surface area contributed by atoms with E-state index in [1.807, 2.05) is 30.1 Å². The van der Waals surface area contributed by atoms with Crippen molar-refractivity contribution in [2.45, 2.75) is 12.6 Å². The van der Waals surface area contributed by atoms with Gasteiger partial charge in [-0.3, -0.25) is 9.69 Å².